The number of carbonyl (C=O) groups excluding carboxylic acids is 2. The van der Waals surface area contributed by atoms with Crippen LogP contribution >= 0.6 is 27.7 Å². The van der Waals surface area contributed by atoms with Crippen molar-refractivity contribution in [3.05, 3.63) is 64.1 Å². The van der Waals surface area contributed by atoms with E-state index >= 15 is 0 Å². The van der Waals surface area contributed by atoms with E-state index in [0.29, 0.717) is 5.56 Å². The first kappa shape index (κ1) is 25.3. The molecule has 1 N–H and O–H groups in total. The summed E-state index contributed by atoms with van der Waals surface area (Å²) in [6, 6.07) is 13.7. The van der Waals surface area contributed by atoms with E-state index in [-0.39, 0.29) is 24.1 Å². The number of carbonyl (C=O) groups is 3. The summed E-state index contributed by atoms with van der Waals surface area (Å²) in [5.41, 5.74) is 0.563. The van der Waals surface area contributed by atoms with Crippen molar-refractivity contribution in [3.8, 4) is 0 Å². The van der Waals surface area contributed by atoms with Crippen molar-refractivity contribution in [1.82, 2.24) is 4.90 Å². The number of carboxylic acid groups (broad SMARTS) is 1. The first-order valence-corrected chi connectivity index (χ1v) is 12.4. The Bertz CT molecular complexity index is 1030. The summed E-state index contributed by atoms with van der Waals surface area (Å²) in [7, 11) is 0. The number of ether oxygens (including phenoxy) is 1. The summed E-state index contributed by atoms with van der Waals surface area (Å²) in [4.78, 5) is 40.8. The molecule has 0 bridgehead atoms. The molecular weight excluding hydrogens is 506 g/mol. The second kappa shape index (κ2) is 10.3. The number of likely N-dealkylation sites (tertiary alicyclic amines) is 1. The summed E-state index contributed by atoms with van der Waals surface area (Å²) in [6.45, 7) is 7.37. The Morgan fingerprint density at radius 2 is 1.76 bits per heavy atom. The molecule has 6 nitrogen and oxygen atoms in total. The molecule has 8 heteroatoms. The van der Waals surface area contributed by atoms with Gasteiger partial charge in [0.05, 0.1) is 6.42 Å². The molecule has 1 amide bonds. The Kier molecular flexibility index (Phi) is 7.90. The Balaban J connectivity index is 1.95. The zero-order valence-corrected chi connectivity index (χ0v) is 21.5. The van der Waals surface area contributed by atoms with Crippen LogP contribution in [-0.4, -0.2) is 51.3 Å². The van der Waals surface area contributed by atoms with Gasteiger partial charge in [0.1, 0.15) is 11.6 Å². The highest BCUT2D eigenvalue weighted by molar-refractivity contribution is 9.10. The summed E-state index contributed by atoms with van der Waals surface area (Å²) >= 11 is 4.90. The highest BCUT2D eigenvalue weighted by Gasteiger charge is 2.49. The largest absolute Gasteiger partial charge is 0.480 e. The summed E-state index contributed by atoms with van der Waals surface area (Å²) in [5.74, 6) is -2.53. The molecule has 1 aliphatic rings. The molecule has 3 rings (SSSR count). The van der Waals surface area contributed by atoms with Gasteiger partial charge in [0.25, 0.3) is 5.91 Å². The van der Waals surface area contributed by atoms with Crippen LogP contribution in [0, 0.1) is 12.8 Å². The van der Waals surface area contributed by atoms with Gasteiger partial charge in [-0.3, -0.25) is 9.59 Å². The van der Waals surface area contributed by atoms with Crippen LogP contribution in [0.2, 0.25) is 0 Å². The first-order chi connectivity index (χ1) is 15.5. The van der Waals surface area contributed by atoms with E-state index in [1.54, 1.807) is 32.9 Å². The van der Waals surface area contributed by atoms with E-state index in [9.17, 15) is 19.5 Å². The minimum absolute atomic E-state index is 0.0834. The number of amides is 1. The van der Waals surface area contributed by atoms with Gasteiger partial charge in [0.2, 0.25) is 0 Å². The van der Waals surface area contributed by atoms with Crippen LogP contribution in [0.1, 0.15) is 43.1 Å². The lowest BCUT2D eigenvalue weighted by atomic mass is 9.95. The van der Waals surface area contributed by atoms with E-state index in [1.807, 2.05) is 43.3 Å². The Hall–Kier alpha value is -2.32. The third kappa shape index (κ3) is 6.38. The van der Waals surface area contributed by atoms with Crippen molar-refractivity contribution in [2.24, 2.45) is 5.92 Å². The minimum Gasteiger partial charge on any atom is -0.480 e. The molecule has 176 valence electrons. The van der Waals surface area contributed by atoms with Gasteiger partial charge < -0.3 is 14.7 Å². The first-order valence-electron chi connectivity index (χ1n) is 10.7. The van der Waals surface area contributed by atoms with E-state index in [1.165, 1.54) is 16.7 Å². The Labute approximate surface area is 206 Å². The Morgan fingerprint density at radius 1 is 1.12 bits per heavy atom. The fourth-order valence-electron chi connectivity index (χ4n) is 4.00. The smallest absolute Gasteiger partial charge is 0.326 e. The summed E-state index contributed by atoms with van der Waals surface area (Å²) in [5, 5.41) is 9.84. The topological polar surface area (TPSA) is 83.9 Å². The molecule has 33 heavy (non-hydrogen) atoms. The molecule has 1 heterocycles. The lowest BCUT2D eigenvalue weighted by molar-refractivity contribution is -0.156. The molecule has 1 fully saturated rings. The molecule has 0 radical (unpaired) electrons. The number of esters is 1. The summed E-state index contributed by atoms with van der Waals surface area (Å²) < 4.78 is 6.42. The quantitative estimate of drug-likeness (QED) is 0.515. The van der Waals surface area contributed by atoms with E-state index in [2.05, 4.69) is 15.9 Å². The second-order valence-corrected chi connectivity index (χ2v) is 11.3. The molecular formula is C25H28BrNO5S. The van der Waals surface area contributed by atoms with Gasteiger partial charge in [-0.2, -0.15) is 0 Å². The second-order valence-electron chi connectivity index (χ2n) is 9.12. The molecule has 0 aliphatic carbocycles. The molecule has 0 unspecified atom stereocenters. The predicted octanol–water partition coefficient (Wildman–Crippen LogP) is 5.18. The number of aryl methyl sites for hydroxylation is 1. The van der Waals surface area contributed by atoms with Crippen molar-refractivity contribution in [1.29, 1.82) is 0 Å². The van der Waals surface area contributed by atoms with Gasteiger partial charge in [0, 0.05) is 32.6 Å². The van der Waals surface area contributed by atoms with Crippen molar-refractivity contribution >= 4 is 45.5 Å². The van der Waals surface area contributed by atoms with Gasteiger partial charge in [-0.05, 0) is 63.6 Å². The maximum Gasteiger partial charge on any atom is 0.326 e. The van der Waals surface area contributed by atoms with Crippen molar-refractivity contribution in [3.63, 3.8) is 0 Å². The third-order valence-electron chi connectivity index (χ3n) is 5.41. The standard InChI is InChI=1S/C25H28BrNO5S/c1-15-7-5-6-8-18(15)23(29)27-14-20(33-17-11-9-16(26)10-12-17)19(22(27)24(30)31)13-21(28)32-25(2,3)4/h5-12,19-20,22H,13-14H2,1-4H3,(H,30,31)/t19-,20-,22-/m0/s1. The number of carboxylic acids is 1. The number of rotatable bonds is 6. The minimum atomic E-state index is -1.13. The highest BCUT2D eigenvalue weighted by Crippen LogP contribution is 2.40. The number of thioether (sulfide) groups is 1. The normalized spacial score (nSPS) is 20.5. The van der Waals surface area contributed by atoms with Crippen LogP contribution in [0.15, 0.2) is 57.9 Å². The third-order valence-corrected chi connectivity index (χ3v) is 7.28. The van der Waals surface area contributed by atoms with Crippen LogP contribution in [0.3, 0.4) is 0 Å². The molecule has 3 atom stereocenters. The summed E-state index contributed by atoms with van der Waals surface area (Å²) in [6.07, 6.45) is -0.0834. The molecule has 0 saturated carbocycles. The number of aliphatic carboxylic acids is 1. The Morgan fingerprint density at radius 3 is 2.33 bits per heavy atom. The average molecular weight is 534 g/mol. The van der Waals surface area contributed by atoms with Crippen molar-refractivity contribution in [2.75, 3.05) is 6.54 Å². The SMILES string of the molecule is Cc1ccccc1C(=O)N1C[C@H](Sc2ccc(Br)cc2)[C@H](CC(=O)OC(C)(C)C)[C@H]1C(=O)O. The number of nitrogens with zero attached hydrogens (tertiary/aromatic N) is 1. The predicted molar refractivity (Wildman–Crippen MR) is 131 cm³/mol. The zero-order valence-electron chi connectivity index (χ0n) is 19.1. The van der Waals surface area contributed by atoms with E-state index in [4.69, 9.17) is 4.74 Å². The van der Waals surface area contributed by atoms with Gasteiger partial charge in [-0.25, -0.2) is 4.79 Å². The molecule has 2 aromatic carbocycles. The van der Waals surface area contributed by atoms with Gasteiger partial charge >= 0.3 is 11.9 Å². The van der Waals surface area contributed by atoms with Crippen LogP contribution in [0.5, 0.6) is 0 Å². The van der Waals surface area contributed by atoms with Crippen LogP contribution in [0.25, 0.3) is 0 Å². The molecule has 2 aromatic rings. The average Bonchev–Trinajstić information content (AvgIpc) is 3.06. The maximum atomic E-state index is 13.4. The maximum absolute atomic E-state index is 13.4. The number of halogens is 1. The molecule has 0 spiro atoms. The van der Waals surface area contributed by atoms with Gasteiger partial charge in [0.15, 0.2) is 0 Å². The van der Waals surface area contributed by atoms with Crippen molar-refractivity contribution in [2.45, 2.75) is 55.9 Å². The van der Waals surface area contributed by atoms with Crippen LogP contribution in [-0.2, 0) is 14.3 Å². The lowest BCUT2D eigenvalue weighted by Gasteiger charge is -2.26. The van der Waals surface area contributed by atoms with Crippen LogP contribution < -0.4 is 0 Å². The van der Waals surface area contributed by atoms with Crippen molar-refractivity contribution < 1.29 is 24.2 Å². The molecule has 0 aromatic heterocycles. The van der Waals surface area contributed by atoms with E-state index < -0.39 is 29.5 Å². The number of hydrogen-bond donors (Lipinski definition) is 1. The molecule has 1 aliphatic heterocycles. The van der Waals surface area contributed by atoms with E-state index in [0.717, 1.165) is 14.9 Å². The lowest BCUT2D eigenvalue weighted by Crippen LogP contribution is -2.44. The van der Waals surface area contributed by atoms with Crippen LogP contribution in [0.4, 0.5) is 0 Å². The molecule has 1 saturated heterocycles. The number of hydrogen-bond acceptors (Lipinski definition) is 5. The fraction of sp³-hybridized carbons (Fsp3) is 0.400. The van der Waals surface area contributed by atoms with Gasteiger partial charge in [-0.1, -0.05) is 34.1 Å². The fourth-order valence-corrected chi connectivity index (χ4v) is 5.56. The van der Waals surface area contributed by atoms with Gasteiger partial charge in [-0.15, -0.1) is 11.8 Å². The highest BCUT2D eigenvalue weighted by atomic mass is 79.9. The monoisotopic (exact) mass is 533 g/mol. The number of benzene rings is 2. The zero-order chi connectivity index (χ0) is 24.3.